The Morgan fingerprint density at radius 2 is 1.87 bits per heavy atom. The SMILES string of the molecule is Cc1ccc(S(=O)(=O)NC(=O)Nc2ccc3nccn3c2)cc1. The molecule has 1 aromatic carbocycles. The van der Waals surface area contributed by atoms with E-state index in [1.54, 1.807) is 47.3 Å². The number of carbonyl (C=O) groups excluding carboxylic acids is 1. The number of nitrogens with one attached hydrogen (secondary N) is 2. The zero-order valence-corrected chi connectivity index (χ0v) is 13.0. The largest absolute Gasteiger partial charge is 0.333 e. The Balaban J connectivity index is 1.74. The van der Waals surface area contributed by atoms with Crippen molar-refractivity contribution in [1.82, 2.24) is 14.1 Å². The van der Waals surface area contributed by atoms with Gasteiger partial charge in [-0.15, -0.1) is 0 Å². The Bertz CT molecular complexity index is 962. The Morgan fingerprint density at radius 3 is 2.61 bits per heavy atom. The molecule has 3 rings (SSSR count). The summed E-state index contributed by atoms with van der Waals surface area (Å²) in [6, 6.07) is 8.75. The van der Waals surface area contributed by atoms with Gasteiger partial charge in [0.15, 0.2) is 0 Å². The van der Waals surface area contributed by atoms with Crippen molar-refractivity contribution >= 4 is 27.4 Å². The summed E-state index contributed by atoms with van der Waals surface area (Å²) in [5.41, 5.74) is 2.11. The molecule has 3 aromatic rings. The van der Waals surface area contributed by atoms with Crippen LogP contribution in [0.2, 0.25) is 0 Å². The Morgan fingerprint density at radius 1 is 1.13 bits per heavy atom. The molecule has 0 bridgehead atoms. The second kappa shape index (κ2) is 5.73. The highest BCUT2D eigenvalue weighted by Crippen LogP contribution is 2.12. The summed E-state index contributed by atoms with van der Waals surface area (Å²) in [4.78, 5) is 16.0. The molecule has 0 radical (unpaired) electrons. The van der Waals surface area contributed by atoms with Crippen LogP contribution in [-0.4, -0.2) is 23.8 Å². The molecule has 0 saturated heterocycles. The second-order valence-corrected chi connectivity index (χ2v) is 6.67. The number of hydrogen-bond donors (Lipinski definition) is 2. The zero-order valence-electron chi connectivity index (χ0n) is 12.2. The molecule has 0 atom stereocenters. The van der Waals surface area contributed by atoms with Crippen molar-refractivity contribution < 1.29 is 13.2 Å². The maximum absolute atomic E-state index is 12.1. The molecule has 2 heterocycles. The molecule has 0 unspecified atom stereocenters. The fraction of sp³-hybridized carbons (Fsp3) is 0.0667. The number of urea groups is 1. The number of sulfonamides is 1. The normalized spacial score (nSPS) is 11.3. The smallest absolute Gasteiger partial charge is 0.306 e. The van der Waals surface area contributed by atoms with Gasteiger partial charge in [-0.25, -0.2) is 22.9 Å². The topological polar surface area (TPSA) is 92.6 Å². The van der Waals surface area contributed by atoms with E-state index in [9.17, 15) is 13.2 Å². The lowest BCUT2D eigenvalue weighted by Gasteiger charge is -2.09. The summed E-state index contributed by atoms with van der Waals surface area (Å²) in [5.74, 6) is 0. The van der Waals surface area contributed by atoms with E-state index in [4.69, 9.17) is 0 Å². The molecule has 0 aliphatic heterocycles. The Hall–Kier alpha value is -2.87. The second-order valence-electron chi connectivity index (χ2n) is 4.98. The summed E-state index contributed by atoms with van der Waals surface area (Å²) >= 11 is 0. The fourth-order valence-electron chi connectivity index (χ4n) is 2.05. The molecule has 23 heavy (non-hydrogen) atoms. The van der Waals surface area contributed by atoms with Gasteiger partial charge in [-0.1, -0.05) is 17.7 Å². The van der Waals surface area contributed by atoms with Crippen molar-refractivity contribution in [2.75, 3.05) is 5.32 Å². The minimum absolute atomic E-state index is 0.0308. The molecular formula is C15H14N4O3S. The summed E-state index contributed by atoms with van der Waals surface area (Å²) in [6.07, 6.45) is 4.99. The highest BCUT2D eigenvalue weighted by atomic mass is 32.2. The minimum Gasteiger partial charge on any atom is -0.306 e. The number of hydrogen-bond acceptors (Lipinski definition) is 4. The predicted molar refractivity (Wildman–Crippen MR) is 85.7 cm³/mol. The molecule has 2 N–H and O–H groups in total. The average Bonchev–Trinajstić information content (AvgIpc) is 2.94. The first kappa shape index (κ1) is 15.0. The molecule has 7 nitrogen and oxygen atoms in total. The van der Waals surface area contributed by atoms with E-state index in [1.165, 1.54) is 12.1 Å². The first-order chi connectivity index (χ1) is 10.9. The monoisotopic (exact) mass is 330 g/mol. The highest BCUT2D eigenvalue weighted by molar-refractivity contribution is 7.90. The minimum atomic E-state index is -3.91. The molecule has 0 aliphatic rings. The molecular weight excluding hydrogens is 316 g/mol. The van der Waals surface area contributed by atoms with E-state index in [-0.39, 0.29) is 4.90 Å². The Kier molecular flexibility index (Phi) is 3.75. The number of pyridine rings is 1. The van der Waals surface area contributed by atoms with Crippen molar-refractivity contribution in [2.24, 2.45) is 0 Å². The van der Waals surface area contributed by atoms with Gasteiger partial charge in [0.05, 0.1) is 10.6 Å². The van der Waals surface area contributed by atoms with Gasteiger partial charge in [-0.2, -0.15) is 0 Å². The molecule has 2 amide bonds. The number of carbonyl (C=O) groups is 1. The van der Waals surface area contributed by atoms with Crippen molar-refractivity contribution in [1.29, 1.82) is 0 Å². The van der Waals surface area contributed by atoms with E-state index in [1.807, 2.05) is 11.6 Å². The lowest BCUT2D eigenvalue weighted by atomic mass is 10.2. The van der Waals surface area contributed by atoms with E-state index >= 15 is 0 Å². The first-order valence-corrected chi connectivity index (χ1v) is 8.25. The lowest BCUT2D eigenvalue weighted by Crippen LogP contribution is -2.34. The third kappa shape index (κ3) is 3.32. The molecule has 2 aromatic heterocycles. The fourth-order valence-corrected chi connectivity index (χ4v) is 2.96. The number of amides is 2. The van der Waals surface area contributed by atoms with Crippen molar-refractivity contribution in [3.05, 3.63) is 60.6 Å². The van der Waals surface area contributed by atoms with Crippen molar-refractivity contribution in [2.45, 2.75) is 11.8 Å². The number of benzene rings is 1. The number of fused-ring (bicyclic) bond motifs is 1. The molecule has 0 fully saturated rings. The third-order valence-electron chi connectivity index (χ3n) is 3.20. The molecule has 0 saturated carbocycles. The number of rotatable bonds is 3. The highest BCUT2D eigenvalue weighted by Gasteiger charge is 2.17. The molecule has 118 valence electrons. The quantitative estimate of drug-likeness (QED) is 0.769. The number of imidazole rings is 1. The molecule has 0 spiro atoms. The Labute approximate surface area is 133 Å². The summed E-state index contributed by atoms with van der Waals surface area (Å²) in [5, 5.41) is 2.48. The van der Waals surface area contributed by atoms with E-state index in [0.717, 1.165) is 11.2 Å². The van der Waals surface area contributed by atoms with Crippen LogP contribution in [0, 0.1) is 6.92 Å². The van der Waals surface area contributed by atoms with Crippen LogP contribution in [0.3, 0.4) is 0 Å². The van der Waals surface area contributed by atoms with Crippen LogP contribution in [0.4, 0.5) is 10.5 Å². The van der Waals surface area contributed by atoms with Gasteiger partial charge in [0.2, 0.25) is 0 Å². The summed E-state index contributed by atoms with van der Waals surface area (Å²) < 4.78 is 27.9. The average molecular weight is 330 g/mol. The van der Waals surface area contributed by atoms with Gasteiger partial charge in [-0.05, 0) is 31.2 Å². The van der Waals surface area contributed by atoms with Gasteiger partial charge in [0.1, 0.15) is 5.65 Å². The molecule has 8 heteroatoms. The third-order valence-corrected chi connectivity index (χ3v) is 4.55. The van der Waals surface area contributed by atoms with Gasteiger partial charge in [0.25, 0.3) is 10.0 Å². The predicted octanol–water partition coefficient (Wildman–Crippen LogP) is 2.15. The number of aromatic nitrogens is 2. The van der Waals surface area contributed by atoms with Gasteiger partial charge < -0.3 is 9.72 Å². The van der Waals surface area contributed by atoms with Crippen LogP contribution < -0.4 is 10.0 Å². The first-order valence-electron chi connectivity index (χ1n) is 6.77. The van der Waals surface area contributed by atoms with E-state index < -0.39 is 16.1 Å². The number of nitrogens with zero attached hydrogens (tertiary/aromatic N) is 2. The van der Waals surface area contributed by atoms with E-state index in [2.05, 4.69) is 10.3 Å². The van der Waals surface area contributed by atoms with Crippen LogP contribution in [0.1, 0.15) is 5.56 Å². The maximum atomic E-state index is 12.1. The van der Waals surface area contributed by atoms with Crippen LogP contribution >= 0.6 is 0 Å². The maximum Gasteiger partial charge on any atom is 0.333 e. The van der Waals surface area contributed by atoms with Gasteiger partial charge >= 0.3 is 6.03 Å². The lowest BCUT2D eigenvalue weighted by molar-refractivity contribution is 0.256. The summed E-state index contributed by atoms with van der Waals surface area (Å²) in [7, 11) is -3.91. The van der Waals surface area contributed by atoms with Crippen molar-refractivity contribution in [3.63, 3.8) is 0 Å². The van der Waals surface area contributed by atoms with Crippen LogP contribution in [-0.2, 0) is 10.0 Å². The molecule has 0 aliphatic carbocycles. The van der Waals surface area contributed by atoms with Crippen LogP contribution in [0.5, 0.6) is 0 Å². The van der Waals surface area contributed by atoms with Crippen LogP contribution in [0.15, 0.2) is 59.9 Å². The summed E-state index contributed by atoms with van der Waals surface area (Å²) in [6.45, 7) is 1.85. The van der Waals surface area contributed by atoms with Gasteiger partial charge in [-0.3, -0.25) is 0 Å². The zero-order chi connectivity index (χ0) is 16.4. The number of aryl methyl sites for hydroxylation is 1. The van der Waals surface area contributed by atoms with Crippen molar-refractivity contribution in [3.8, 4) is 0 Å². The standard InChI is InChI=1S/C15H14N4O3S/c1-11-2-5-13(6-3-11)23(21,22)18-15(20)17-12-4-7-14-16-8-9-19(14)10-12/h2-10H,1H3,(H2,17,18,20). The number of anilines is 1. The van der Waals surface area contributed by atoms with Gasteiger partial charge in [0, 0.05) is 18.6 Å². The van der Waals surface area contributed by atoms with Crippen LogP contribution in [0.25, 0.3) is 5.65 Å². The van der Waals surface area contributed by atoms with E-state index in [0.29, 0.717) is 5.69 Å².